The van der Waals surface area contributed by atoms with Crippen LogP contribution in [0.4, 0.5) is 4.79 Å². The van der Waals surface area contributed by atoms with Crippen molar-refractivity contribution in [1.82, 2.24) is 10.1 Å². The van der Waals surface area contributed by atoms with E-state index in [0.29, 0.717) is 58.5 Å². The van der Waals surface area contributed by atoms with Gasteiger partial charge in [0, 0.05) is 38.5 Å². The first-order valence-electron chi connectivity index (χ1n) is 14.0. The quantitative estimate of drug-likeness (QED) is 0.390. The lowest BCUT2D eigenvalue weighted by atomic mass is 9.98. The molecule has 0 aromatic rings. The van der Waals surface area contributed by atoms with Gasteiger partial charge in [-0.1, -0.05) is 10.1 Å². The smallest absolute Gasteiger partial charge is 0.293 e. The third kappa shape index (κ3) is 4.79. The zero-order valence-electron chi connectivity index (χ0n) is 21.4. The molecule has 2 aliphatic heterocycles. The molecule has 4 fully saturated rings. The summed E-state index contributed by atoms with van der Waals surface area (Å²) in [6.45, 7) is 0. The second kappa shape index (κ2) is 10.1. The van der Waals surface area contributed by atoms with Crippen LogP contribution in [0.1, 0.15) is 77.0 Å². The van der Waals surface area contributed by atoms with Crippen molar-refractivity contribution in [1.29, 1.82) is 0 Å². The Morgan fingerprint density at radius 1 is 0.632 bits per heavy atom. The van der Waals surface area contributed by atoms with Gasteiger partial charge in [0.15, 0.2) is 0 Å². The molecule has 6 rings (SSSR count). The highest BCUT2D eigenvalue weighted by Gasteiger charge is 2.54. The lowest BCUT2D eigenvalue weighted by Gasteiger charge is -2.17. The number of hydroxylamine groups is 4. The highest BCUT2D eigenvalue weighted by Crippen LogP contribution is 2.57. The summed E-state index contributed by atoms with van der Waals surface area (Å²) < 4.78 is 0. The van der Waals surface area contributed by atoms with Gasteiger partial charge in [-0.3, -0.25) is 28.9 Å². The first-order chi connectivity index (χ1) is 18.4. The van der Waals surface area contributed by atoms with E-state index in [0.717, 1.165) is 51.4 Å². The summed E-state index contributed by atoms with van der Waals surface area (Å²) in [5, 5.41) is 0.873. The molecule has 200 valence electrons. The number of carbonyl (C=O) groups is 5. The number of hydrogen-bond acceptors (Lipinski definition) is 7. The van der Waals surface area contributed by atoms with Crippen LogP contribution in [0.3, 0.4) is 0 Å². The molecule has 0 N–H and O–H groups in total. The number of imide groups is 2. The van der Waals surface area contributed by atoms with Crippen molar-refractivity contribution in [2.24, 2.45) is 47.3 Å². The van der Waals surface area contributed by atoms with Gasteiger partial charge in [0.1, 0.15) is 0 Å². The van der Waals surface area contributed by atoms with E-state index in [9.17, 15) is 24.0 Å². The zero-order chi connectivity index (χ0) is 26.4. The van der Waals surface area contributed by atoms with Gasteiger partial charge in [0.2, 0.25) is 0 Å². The van der Waals surface area contributed by atoms with E-state index in [1.165, 1.54) is 0 Å². The molecule has 0 aromatic carbocycles. The predicted octanol–water partition coefficient (Wildman–Crippen LogP) is 3.38. The molecule has 2 heterocycles. The molecule has 0 radical (unpaired) electrons. The number of rotatable bonds is 6. The van der Waals surface area contributed by atoms with Gasteiger partial charge in [0.05, 0.1) is 11.8 Å². The van der Waals surface area contributed by atoms with E-state index in [-0.39, 0.29) is 12.8 Å². The van der Waals surface area contributed by atoms with Gasteiger partial charge >= 0.3 is 6.16 Å². The normalized spacial score (nSPS) is 37.4. The summed E-state index contributed by atoms with van der Waals surface area (Å²) in [7, 11) is 0. The Labute approximate surface area is 221 Å². The lowest BCUT2D eigenvalue weighted by molar-refractivity contribution is -0.199. The second-order valence-electron chi connectivity index (χ2n) is 11.6. The van der Waals surface area contributed by atoms with Crippen molar-refractivity contribution in [3.63, 3.8) is 0 Å². The third-order valence-corrected chi connectivity index (χ3v) is 9.52. The van der Waals surface area contributed by atoms with Crippen LogP contribution in [0.2, 0.25) is 0 Å². The largest absolute Gasteiger partial charge is 0.560 e. The first-order valence-corrected chi connectivity index (χ1v) is 14.0. The molecular formula is C29H32N2O7. The Morgan fingerprint density at radius 3 is 1.32 bits per heavy atom. The summed E-state index contributed by atoms with van der Waals surface area (Å²) in [5.74, 6) is 12.1. The minimum atomic E-state index is -1.44. The molecule has 6 aliphatic rings. The van der Waals surface area contributed by atoms with Crippen LogP contribution in [-0.4, -0.2) is 39.9 Å². The van der Waals surface area contributed by atoms with E-state index < -0.39 is 41.6 Å². The van der Waals surface area contributed by atoms with E-state index in [1.54, 1.807) is 0 Å². The summed E-state index contributed by atoms with van der Waals surface area (Å²) in [6, 6.07) is 0. The van der Waals surface area contributed by atoms with Gasteiger partial charge in [0.25, 0.3) is 23.6 Å². The highest BCUT2D eigenvalue weighted by atomic mass is 16.9. The summed E-state index contributed by atoms with van der Waals surface area (Å²) in [6.07, 6.45) is 7.16. The molecule has 9 heteroatoms. The molecule has 4 unspecified atom stereocenters. The summed E-state index contributed by atoms with van der Waals surface area (Å²) >= 11 is 0. The van der Waals surface area contributed by atoms with Gasteiger partial charge < -0.3 is 0 Å². The molecule has 9 nitrogen and oxygen atoms in total. The van der Waals surface area contributed by atoms with Crippen LogP contribution in [0.15, 0.2) is 0 Å². The molecule has 2 saturated carbocycles. The number of nitrogens with zero attached hydrogens (tertiary/aromatic N) is 2. The summed E-state index contributed by atoms with van der Waals surface area (Å²) in [5.41, 5.74) is 0. The summed E-state index contributed by atoms with van der Waals surface area (Å²) in [4.78, 5) is 72.9. The maximum absolute atomic E-state index is 12.9. The van der Waals surface area contributed by atoms with Crippen molar-refractivity contribution in [3.8, 4) is 23.7 Å². The Bertz CT molecular complexity index is 1060. The average Bonchev–Trinajstić information content (AvgIpc) is 3.63. The zero-order valence-corrected chi connectivity index (χ0v) is 21.4. The Balaban J connectivity index is 0.989. The Hall–Kier alpha value is -3.33. The van der Waals surface area contributed by atoms with E-state index in [1.807, 2.05) is 0 Å². The van der Waals surface area contributed by atoms with Gasteiger partial charge in [-0.25, -0.2) is 0 Å². The van der Waals surface area contributed by atoms with E-state index >= 15 is 0 Å². The molecule has 0 aromatic heterocycles. The van der Waals surface area contributed by atoms with Gasteiger partial charge in [-0.2, -0.15) is 4.79 Å². The van der Waals surface area contributed by atoms with E-state index in [2.05, 4.69) is 23.7 Å². The predicted molar refractivity (Wildman–Crippen MR) is 130 cm³/mol. The minimum absolute atomic E-state index is 0.0308. The maximum atomic E-state index is 12.9. The fourth-order valence-electron chi connectivity index (χ4n) is 7.49. The Kier molecular flexibility index (Phi) is 6.63. The van der Waals surface area contributed by atoms with Gasteiger partial charge in [-0.15, -0.1) is 23.7 Å². The van der Waals surface area contributed by atoms with Crippen LogP contribution in [0.25, 0.3) is 0 Å². The fourth-order valence-corrected chi connectivity index (χ4v) is 7.49. The Morgan fingerprint density at radius 2 is 0.974 bits per heavy atom. The minimum Gasteiger partial charge on any atom is -0.293 e. The van der Waals surface area contributed by atoms with Crippen LogP contribution in [-0.2, 0) is 28.9 Å². The van der Waals surface area contributed by atoms with Crippen LogP contribution in [0.5, 0.6) is 0 Å². The maximum Gasteiger partial charge on any atom is 0.560 e. The lowest BCUT2D eigenvalue weighted by Crippen LogP contribution is -2.38. The van der Waals surface area contributed by atoms with Crippen molar-refractivity contribution in [3.05, 3.63) is 0 Å². The topological polar surface area (TPSA) is 110 Å². The number of fused-ring (bicyclic) bond motifs is 2. The molecule has 2 saturated heterocycles. The van der Waals surface area contributed by atoms with Gasteiger partial charge in [-0.05, 0) is 74.0 Å². The van der Waals surface area contributed by atoms with Crippen molar-refractivity contribution in [2.75, 3.05) is 0 Å². The number of carbonyl (C=O) groups excluding carboxylic acids is 5. The van der Waals surface area contributed by atoms with Crippen molar-refractivity contribution >= 4 is 29.8 Å². The molecular weight excluding hydrogens is 488 g/mol. The SMILES string of the molecule is O=C(ON1C(=O)CC(CC2[C@H]3CCC#CCC[C@@H]23)C1=O)ON1C(=O)CC(CC2[C@H]3CCC#CCC[C@@H]23)C1=O. The van der Waals surface area contributed by atoms with Crippen molar-refractivity contribution < 1.29 is 33.6 Å². The fraction of sp³-hybridized carbons (Fsp3) is 0.690. The molecule has 4 amide bonds. The van der Waals surface area contributed by atoms with Crippen LogP contribution in [0, 0.1) is 71.0 Å². The average molecular weight is 521 g/mol. The second-order valence-corrected chi connectivity index (χ2v) is 11.6. The highest BCUT2D eigenvalue weighted by molar-refractivity contribution is 6.04. The van der Waals surface area contributed by atoms with Crippen molar-refractivity contribution in [2.45, 2.75) is 77.0 Å². The first kappa shape index (κ1) is 25.0. The number of amides is 4. The molecule has 38 heavy (non-hydrogen) atoms. The molecule has 4 aliphatic carbocycles. The molecule has 8 atom stereocenters. The number of hydrogen-bond donors (Lipinski definition) is 0. The van der Waals surface area contributed by atoms with E-state index in [4.69, 9.17) is 9.68 Å². The van der Waals surface area contributed by atoms with Crippen LogP contribution < -0.4 is 0 Å². The standard InChI is InChI=1S/C29H32N2O7/c32-25-15-17(13-23-19-9-5-1-2-6-10-20(19)23)27(34)30(25)37-29(36)38-31-26(33)16-18(28(31)35)14-24-21-11-7-3-4-8-12-22(21)24/h17-24H,5-16H2/t17?,18?,19-,20+,21-,22+,23?,24?. The monoisotopic (exact) mass is 520 g/mol. The van der Waals surface area contributed by atoms with Crippen LogP contribution >= 0.6 is 0 Å². The third-order valence-electron chi connectivity index (χ3n) is 9.52. The molecule has 0 bridgehead atoms. The molecule has 0 spiro atoms.